The van der Waals surface area contributed by atoms with Crippen LogP contribution in [-0.2, 0) is 15.7 Å². The van der Waals surface area contributed by atoms with Gasteiger partial charge in [-0.05, 0) is 43.4 Å². The standard InChI is InChI=1S/C17H20F4N2O2/c18-14-2-1-12(9-13(14)17(19,20)21)22-16(24)15-3-6-23(15)10-11-4-7-25-8-5-11/h1-2,9,11,15H,3-8,10H2,(H,22,24). The number of carbonyl (C=O) groups excluding carboxylic acids is 1. The van der Waals surface area contributed by atoms with E-state index in [1.807, 2.05) is 4.90 Å². The molecule has 25 heavy (non-hydrogen) atoms. The maximum absolute atomic E-state index is 13.3. The van der Waals surface area contributed by atoms with Crippen molar-refractivity contribution in [2.75, 3.05) is 31.6 Å². The first-order valence-corrected chi connectivity index (χ1v) is 8.34. The lowest BCUT2D eigenvalue weighted by Gasteiger charge is -2.42. The van der Waals surface area contributed by atoms with Crippen molar-refractivity contribution in [1.29, 1.82) is 0 Å². The molecular weight excluding hydrogens is 340 g/mol. The summed E-state index contributed by atoms with van der Waals surface area (Å²) in [5.74, 6) is -1.22. The minimum atomic E-state index is -4.80. The van der Waals surface area contributed by atoms with Gasteiger partial charge < -0.3 is 10.1 Å². The molecule has 138 valence electrons. The molecule has 2 saturated heterocycles. The Morgan fingerprint density at radius 3 is 2.56 bits per heavy atom. The van der Waals surface area contributed by atoms with Gasteiger partial charge in [0.25, 0.3) is 0 Å². The molecule has 1 aromatic carbocycles. The number of amides is 1. The summed E-state index contributed by atoms with van der Waals surface area (Å²) in [4.78, 5) is 14.4. The molecule has 0 bridgehead atoms. The predicted octanol–water partition coefficient (Wildman–Crippen LogP) is 3.28. The average Bonchev–Trinajstić information content (AvgIpc) is 2.53. The van der Waals surface area contributed by atoms with Crippen molar-refractivity contribution in [2.24, 2.45) is 5.92 Å². The van der Waals surface area contributed by atoms with Crippen LogP contribution in [0.4, 0.5) is 23.2 Å². The highest BCUT2D eigenvalue weighted by Gasteiger charge is 2.37. The second-order valence-electron chi connectivity index (χ2n) is 6.54. The van der Waals surface area contributed by atoms with Gasteiger partial charge in [-0.3, -0.25) is 9.69 Å². The number of hydrogen-bond acceptors (Lipinski definition) is 3. The Bertz CT molecular complexity index is 630. The Balaban J connectivity index is 1.60. The Morgan fingerprint density at radius 1 is 1.24 bits per heavy atom. The van der Waals surface area contributed by atoms with E-state index in [0.29, 0.717) is 18.4 Å². The smallest absolute Gasteiger partial charge is 0.381 e. The lowest BCUT2D eigenvalue weighted by molar-refractivity contribution is -0.140. The zero-order valence-corrected chi connectivity index (χ0v) is 13.6. The zero-order chi connectivity index (χ0) is 18.0. The monoisotopic (exact) mass is 360 g/mol. The van der Waals surface area contributed by atoms with Crippen molar-refractivity contribution in [3.63, 3.8) is 0 Å². The third-order valence-electron chi connectivity index (χ3n) is 4.81. The number of nitrogens with one attached hydrogen (secondary N) is 1. The molecule has 0 aromatic heterocycles. The molecule has 8 heteroatoms. The van der Waals surface area contributed by atoms with Crippen LogP contribution in [0.25, 0.3) is 0 Å². The van der Waals surface area contributed by atoms with Crippen LogP contribution in [0.15, 0.2) is 18.2 Å². The van der Waals surface area contributed by atoms with E-state index in [4.69, 9.17) is 4.74 Å². The van der Waals surface area contributed by atoms with Crippen molar-refractivity contribution in [3.05, 3.63) is 29.6 Å². The summed E-state index contributed by atoms with van der Waals surface area (Å²) in [5, 5.41) is 2.48. The number of anilines is 1. The quantitative estimate of drug-likeness (QED) is 0.838. The van der Waals surface area contributed by atoms with E-state index in [0.717, 1.165) is 51.3 Å². The van der Waals surface area contributed by atoms with E-state index in [9.17, 15) is 22.4 Å². The number of rotatable bonds is 4. The van der Waals surface area contributed by atoms with Gasteiger partial charge in [0.15, 0.2) is 0 Å². The first-order chi connectivity index (χ1) is 11.8. The van der Waals surface area contributed by atoms with Crippen molar-refractivity contribution < 1.29 is 27.1 Å². The zero-order valence-electron chi connectivity index (χ0n) is 13.6. The van der Waals surface area contributed by atoms with Crippen molar-refractivity contribution in [1.82, 2.24) is 4.90 Å². The maximum atomic E-state index is 13.3. The summed E-state index contributed by atoms with van der Waals surface area (Å²) in [6, 6.07) is 2.15. The van der Waals surface area contributed by atoms with Gasteiger partial charge in [0, 0.05) is 32.0 Å². The van der Waals surface area contributed by atoms with Crippen molar-refractivity contribution in [3.8, 4) is 0 Å². The molecule has 2 fully saturated rings. The highest BCUT2D eigenvalue weighted by Crippen LogP contribution is 2.33. The van der Waals surface area contributed by atoms with Gasteiger partial charge in [-0.1, -0.05) is 0 Å². The van der Waals surface area contributed by atoms with E-state index < -0.39 is 17.6 Å². The number of alkyl halides is 3. The van der Waals surface area contributed by atoms with Crippen molar-refractivity contribution in [2.45, 2.75) is 31.5 Å². The fourth-order valence-electron chi connectivity index (χ4n) is 3.26. The van der Waals surface area contributed by atoms with Crippen LogP contribution in [0.5, 0.6) is 0 Å². The Labute approximate surface area is 143 Å². The topological polar surface area (TPSA) is 41.6 Å². The predicted molar refractivity (Wildman–Crippen MR) is 83.6 cm³/mol. The average molecular weight is 360 g/mol. The van der Waals surface area contributed by atoms with Gasteiger partial charge in [0.1, 0.15) is 5.82 Å². The number of likely N-dealkylation sites (tertiary alicyclic amines) is 1. The first-order valence-electron chi connectivity index (χ1n) is 8.34. The number of benzene rings is 1. The molecule has 2 aliphatic heterocycles. The van der Waals surface area contributed by atoms with E-state index in [2.05, 4.69) is 5.32 Å². The van der Waals surface area contributed by atoms with Crippen LogP contribution in [0, 0.1) is 11.7 Å². The van der Waals surface area contributed by atoms with Gasteiger partial charge in [-0.25, -0.2) is 4.39 Å². The summed E-state index contributed by atoms with van der Waals surface area (Å²) in [7, 11) is 0. The number of ether oxygens (including phenoxy) is 1. The SMILES string of the molecule is O=C(Nc1ccc(F)c(C(F)(F)F)c1)C1CCN1CC1CCOCC1. The number of carbonyl (C=O) groups is 1. The van der Waals surface area contributed by atoms with E-state index in [1.54, 1.807) is 0 Å². The van der Waals surface area contributed by atoms with Crippen molar-refractivity contribution >= 4 is 11.6 Å². The molecule has 2 aliphatic rings. The minimum Gasteiger partial charge on any atom is -0.381 e. The molecule has 0 spiro atoms. The van der Waals surface area contributed by atoms with Crippen LogP contribution in [0.2, 0.25) is 0 Å². The number of hydrogen-bond donors (Lipinski definition) is 1. The van der Waals surface area contributed by atoms with Crippen LogP contribution in [-0.4, -0.2) is 43.2 Å². The molecule has 3 rings (SSSR count). The van der Waals surface area contributed by atoms with Gasteiger partial charge >= 0.3 is 6.18 Å². The van der Waals surface area contributed by atoms with Crippen LogP contribution < -0.4 is 5.32 Å². The summed E-state index contributed by atoms with van der Waals surface area (Å²) in [6.45, 7) is 3.04. The highest BCUT2D eigenvalue weighted by molar-refractivity contribution is 5.95. The summed E-state index contributed by atoms with van der Waals surface area (Å²) in [5.41, 5.74) is -1.42. The van der Waals surface area contributed by atoms with Crippen LogP contribution in [0.1, 0.15) is 24.8 Å². The van der Waals surface area contributed by atoms with E-state index in [-0.39, 0.29) is 17.6 Å². The lowest BCUT2D eigenvalue weighted by Crippen LogP contribution is -2.55. The molecule has 1 aromatic rings. The molecule has 0 saturated carbocycles. The largest absolute Gasteiger partial charge is 0.419 e. The van der Waals surface area contributed by atoms with Crippen LogP contribution in [0.3, 0.4) is 0 Å². The molecular formula is C17H20F4N2O2. The molecule has 1 unspecified atom stereocenters. The Hall–Kier alpha value is -1.67. The Morgan fingerprint density at radius 2 is 1.96 bits per heavy atom. The highest BCUT2D eigenvalue weighted by atomic mass is 19.4. The van der Waals surface area contributed by atoms with Gasteiger partial charge in [0.05, 0.1) is 11.6 Å². The number of halogens is 4. The third-order valence-corrected chi connectivity index (χ3v) is 4.81. The molecule has 4 nitrogen and oxygen atoms in total. The minimum absolute atomic E-state index is 0.0448. The molecule has 0 radical (unpaired) electrons. The third kappa shape index (κ3) is 4.30. The fraction of sp³-hybridized carbons (Fsp3) is 0.588. The van der Waals surface area contributed by atoms with E-state index in [1.165, 1.54) is 0 Å². The molecule has 1 amide bonds. The number of nitrogens with zero attached hydrogens (tertiary/aromatic N) is 1. The second kappa shape index (κ2) is 7.29. The molecule has 0 aliphatic carbocycles. The van der Waals surface area contributed by atoms with Crippen LogP contribution >= 0.6 is 0 Å². The fourth-order valence-corrected chi connectivity index (χ4v) is 3.26. The lowest BCUT2D eigenvalue weighted by atomic mass is 9.94. The maximum Gasteiger partial charge on any atom is 0.419 e. The Kier molecular flexibility index (Phi) is 5.29. The van der Waals surface area contributed by atoms with E-state index >= 15 is 0 Å². The normalized spacial score (nSPS) is 22.5. The first kappa shape index (κ1) is 18.1. The molecule has 1 N–H and O–H groups in total. The summed E-state index contributed by atoms with van der Waals surface area (Å²) < 4.78 is 56.9. The summed E-state index contributed by atoms with van der Waals surface area (Å²) in [6.07, 6.45) is -2.21. The second-order valence-corrected chi connectivity index (χ2v) is 6.54. The molecule has 1 atom stereocenters. The molecule has 2 heterocycles. The van der Waals surface area contributed by atoms with Gasteiger partial charge in [-0.15, -0.1) is 0 Å². The van der Waals surface area contributed by atoms with Gasteiger partial charge in [0.2, 0.25) is 5.91 Å². The van der Waals surface area contributed by atoms with Gasteiger partial charge in [-0.2, -0.15) is 13.2 Å². The summed E-state index contributed by atoms with van der Waals surface area (Å²) >= 11 is 0.